The molecular formula is C20H21N3O2. The number of rotatable bonds is 6. The fourth-order valence-electron chi connectivity index (χ4n) is 2.63. The quantitative estimate of drug-likeness (QED) is 0.750. The molecule has 25 heavy (non-hydrogen) atoms. The highest BCUT2D eigenvalue weighted by molar-refractivity contribution is 5.94. The first kappa shape index (κ1) is 16.9. The molecule has 0 bridgehead atoms. The molecule has 1 atom stereocenters. The summed E-state index contributed by atoms with van der Waals surface area (Å²) in [6.07, 6.45) is 5.40. The molecule has 0 spiro atoms. The van der Waals surface area contributed by atoms with Gasteiger partial charge < -0.3 is 14.6 Å². The maximum absolute atomic E-state index is 12.4. The number of ether oxygens (including phenoxy) is 1. The van der Waals surface area contributed by atoms with Crippen molar-refractivity contribution in [2.24, 2.45) is 0 Å². The Labute approximate surface area is 147 Å². The van der Waals surface area contributed by atoms with Gasteiger partial charge in [-0.1, -0.05) is 24.3 Å². The van der Waals surface area contributed by atoms with Crippen molar-refractivity contribution in [3.8, 4) is 5.69 Å². The molecule has 5 nitrogen and oxygen atoms in total. The van der Waals surface area contributed by atoms with Gasteiger partial charge in [0.2, 0.25) is 0 Å². The SMILES string of the molecule is COCc1ccc(C(=O)N[C@@H](C)c2ccc(-n3ccnc3)cc2)cc1. The number of nitrogens with zero attached hydrogens (tertiary/aromatic N) is 2. The third kappa shape index (κ3) is 4.14. The van der Waals surface area contributed by atoms with Crippen LogP contribution in [0.4, 0.5) is 0 Å². The summed E-state index contributed by atoms with van der Waals surface area (Å²) in [4.78, 5) is 16.4. The van der Waals surface area contributed by atoms with Gasteiger partial charge in [-0.2, -0.15) is 0 Å². The van der Waals surface area contributed by atoms with Crippen LogP contribution < -0.4 is 5.32 Å². The van der Waals surface area contributed by atoms with Crippen LogP contribution in [0.1, 0.15) is 34.5 Å². The standard InChI is InChI=1S/C20H21N3O2/c1-15(17-7-9-19(10-8-17)23-12-11-21-14-23)22-20(24)18-5-3-16(4-6-18)13-25-2/h3-12,14-15H,13H2,1-2H3,(H,22,24)/t15-/m0/s1. The lowest BCUT2D eigenvalue weighted by Gasteiger charge is -2.15. The van der Waals surface area contributed by atoms with E-state index >= 15 is 0 Å². The maximum Gasteiger partial charge on any atom is 0.251 e. The van der Waals surface area contributed by atoms with Gasteiger partial charge in [0, 0.05) is 30.8 Å². The lowest BCUT2D eigenvalue weighted by atomic mass is 10.1. The number of amides is 1. The molecular weight excluding hydrogens is 314 g/mol. The Morgan fingerprint density at radius 2 is 1.88 bits per heavy atom. The van der Waals surface area contributed by atoms with E-state index < -0.39 is 0 Å². The van der Waals surface area contributed by atoms with Crippen molar-refractivity contribution in [2.75, 3.05) is 7.11 Å². The van der Waals surface area contributed by atoms with Gasteiger partial charge in [0.25, 0.3) is 5.91 Å². The molecule has 5 heteroatoms. The monoisotopic (exact) mass is 335 g/mol. The normalized spacial score (nSPS) is 11.9. The van der Waals surface area contributed by atoms with Crippen molar-refractivity contribution in [1.82, 2.24) is 14.9 Å². The zero-order chi connectivity index (χ0) is 17.6. The van der Waals surface area contributed by atoms with E-state index in [1.807, 2.05) is 66.2 Å². The molecule has 1 aromatic heterocycles. The van der Waals surface area contributed by atoms with E-state index in [0.717, 1.165) is 16.8 Å². The van der Waals surface area contributed by atoms with Crippen molar-refractivity contribution in [1.29, 1.82) is 0 Å². The van der Waals surface area contributed by atoms with Crippen LogP contribution in [0, 0.1) is 0 Å². The van der Waals surface area contributed by atoms with E-state index in [-0.39, 0.29) is 11.9 Å². The minimum Gasteiger partial charge on any atom is -0.380 e. The largest absolute Gasteiger partial charge is 0.380 e. The summed E-state index contributed by atoms with van der Waals surface area (Å²) in [6.45, 7) is 2.52. The minimum absolute atomic E-state index is 0.0806. The Balaban J connectivity index is 1.64. The molecule has 0 fully saturated rings. The second-order valence-corrected chi connectivity index (χ2v) is 5.89. The predicted molar refractivity (Wildman–Crippen MR) is 96.6 cm³/mol. The van der Waals surface area contributed by atoms with Gasteiger partial charge >= 0.3 is 0 Å². The van der Waals surface area contributed by atoms with Crippen LogP contribution in [-0.4, -0.2) is 22.6 Å². The smallest absolute Gasteiger partial charge is 0.251 e. The molecule has 0 radical (unpaired) electrons. The maximum atomic E-state index is 12.4. The number of methoxy groups -OCH3 is 1. The van der Waals surface area contributed by atoms with Gasteiger partial charge in [-0.25, -0.2) is 4.98 Å². The summed E-state index contributed by atoms with van der Waals surface area (Å²) < 4.78 is 7.02. The van der Waals surface area contributed by atoms with E-state index in [9.17, 15) is 4.79 Å². The van der Waals surface area contributed by atoms with Crippen molar-refractivity contribution in [2.45, 2.75) is 19.6 Å². The summed E-state index contributed by atoms with van der Waals surface area (Å²) in [6, 6.07) is 15.4. The summed E-state index contributed by atoms with van der Waals surface area (Å²) in [5.74, 6) is -0.0878. The number of hydrogen-bond acceptors (Lipinski definition) is 3. The zero-order valence-corrected chi connectivity index (χ0v) is 14.3. The van der Waals surface area contributed by atoms with E-state index in [2.05, 4.69) is 10.3 Å². The molecule has 0 saturated carbocycles. The van der Waals surface area contributed by atoms with E-state index in [4.69, 9.17) is 4.74 Å². The topological polar surface area (TPSA) is 56.1 Å². The second-order valence-electron chi connectivity index (χ2n) is 5.89. The van der Waals surface area contributed by atoms with Gasteiger partial charge in [0.1, 0.15) is 0 Å². The third-order valence-corrected chi connectivity index (χ3v) is 4.07. The number of carbonyl (C=O) groups is 1. The van der Waals surface area contributed by atoms with Crippen molar-refractivity contribution in [3.05, 3.63) is 83.9 Å². The van der Waals surface area contributed by atoms with Crippen molar-refractivity contribution in [3.63, 3.8) is 0 Å². The van der Waals surface area contributed by atoms with Gasteiger partial charge in [-0.15, -0.1) is 0 Å². The molecule has 3 aromatic rings. The van der Waals surface area contributed by atoms with E-state index in [1.165, 1.54) is 0 Å². The molecule has 0 aliphatic carbocycles. The molecule has 0 aliphatic heterocycles. The summed E-state index contributed by atoms with van der Waals surface area (Å²) >= 11 is 0. The van der Waals surface area contributed by atoms with Crippen LogP contribution in [0.3, 0.4) is 0 Å². The van der Waals surface area contributed by atoms with Crippen molar-refractivity contribution < 1.29 is 9.53 Å². The summed E-state index contributed by atoms with van der Waals surface area (Å²) in [7, 11) is 1.65. The first-order valence-corrected chi connectivity index (χ1v) is 8.14. The number of aromatic nitrogens is 2. The lowest BCUT2D eigenvalue weighted by molar-refractivity contribution is 0.0940. The van der Waals surface area contributed by atoms with Crippen LogP contribution in [0.15, 0.2) is 67.3 Å². The molecule has 128 valence electrons. The molecule has 1 amide bonds. The number of carbonyl (C=O) groups excluding carboxylic acids is 1. The molecule has 1 N–H and O–H groups in total. The molecule has 0 saturated heterocycles. The number of benzene rings is 2. The van der Waals surface area contributed by atoms with Crippen LogP contribution in [0.2, 0.25) is 0 Å². The molecule has 3 rings (SSSR count). The Kier molecular flexibility index (Phi) is 5.26. The average molecular weight is 335 g/mol. The fourth-order valence-corrected chi connectivity index (χ4v) is 2.63. The van der Waals surface area contributed by atoms with Gasteiger partial charge in [0.15, 0.2) is 0 Å². The van der Waals surface area contributed by atoms with Crippen molar-refractivity contribution >= 4 is 5.91 Å². The molecule has 1 heterocycles. The van der Waals surface area contributed by atoms with Crippen LogP contribution >= 0.6 is 0 Å². The Morgan fingerprint density at radius 3 is 2.48 bits per heavy atom. The predicted octanol–water partition coefficient (Wildman–Crippen LogP) is 3.51. The number of hydrogen-bond donors (Lipinski definition) is 1. The van der Waals surface area contributed by atoms with Gasteiger partial charge in [-0.05, 0) is 42.3 Å². The highest BCUT2D eigenvalue weighted by atomic mass is 16.5. The average Bonchev–Trinajstić information content (AvgIpc) is 3.17. The van der Waals surface area contributed by atoms with Crippen LogP contribution in [0.25, 0.3) is 5.69 Å². The Bertz CT molecular complexity index is 809. The lowest BCUT2D eigenvalue weighted by Crippen LogP contribution is -2.26. The highest BCUT2D eigenvalue weighted by Gasteiger charge is 2.11. The first-order chi connectivity index (χ1) is 12.2. The molecule has 2 aromatic carbocycles. The zero-order valence-electron chi connectivity index (χ0n) is 14.3. The number of nitrogens with one attached hydrogen (secondary N) is 1. The first-order valence-electron chi connectivity index (χ1n) is 8.14. The summed E-state index contributed by atoms with van der Waals surface area (Å²) in [5.41, 5.74) is 3.77. The Morgan fingerprint density at radius 1 is 1.16 bits per heavy atom. The van der Waals surface area contributed by atoms with Crippen LogP contribution in [-0.2, 0) is 11.3 Å². The Hall–Kier alpha value is -2.92. The third-order valence-electron chi connectivity index (χ3n) is 4.07. The highest BCUT2D eigenvalue weighted by Crippen LogP contribution is 2.16. The fraction of sp³-hybridized carbons (Fsp3) is 0.200. The molecule has 0 unspecified atom stereocenters. The van der Waals surface area contributed by atoms with E-state index in [1.54, 1.807) is 19.6 Å². The van der Waals surface area contributed by atoms with Gasteiger partial charge in [0.05, 0.1) is 19.0 Å². The summed E-state index contributed by atoms with van der Waals surface area (Å²) in [5, 5.41) is 3.03. The van der Waals surface area contributed by atoms with E-state index in [0.29, 0.717) is 12.2 Å². The second kappa shape index (κ2) is 7.77. The van der Waals surface area contributed by atoms with Crippen LogP contribution in [0.5, 0.6) is 0 Å². The molecule has 0 aliphatic rings. The minimum atomic E-state index is -0.0878. The van der Waals surface area contributed by atoms with Gasteiger partial charge in [-0.3, -0.25) is 4.79 Å². The number of imidazole rings is 1.